The van der Waals surface area contributed by atoms with Crippen molar-refractivity contribution in [3.05, 3.63) is 88.3 Å². The number of benzene rings is 2. The summed E-state index contributed by atoms with van der Waals surface area (Å²) in [5, 5.41) is 33.9. The van der Waals surface area contributed by atoms with Crippen LogP contribution in [0.5, 0.6) is 0 Å². The van der Waals surface area contributed by atoms with Gasteiger partial charge in [-0.2, -0.15) is 10.2 Å². The van der Waals surface area contributed by atoms with Crippen molar-refractivity contribution in [2.75, 3.05) is 12.4 Å². The molecule has 196 valence electrons. The monoisotopic (exact) mass is 518 g/mol. The number of aliphatic hydroxyl groups is 1. The van der Waals surface area contributed by atoms with Gasteiger partial charge in [-0.15, -0.1) is 0 Å². The SMILES string of the molecule is CC1=C(C(=O)Nc2ccc3[nH]ncc3c2)C(c2ccc(F)c(C(O)N(C)Cc3cc(C)[nH]n3)c2)NC(=O)N1. The Hall–Kier alpha value is -4.55. The van der Waals surface area contributed by atoms with Crippen LogP contribution in [0.15, 0.2) is 59.9 Å². The van der Waals surface area contributed by atoms with Crippen LogP contribution < -0.4 is 16.0 Å². The summed E-state index contributed by atoms with van der Waals surface area (Å²) in [6.07, 6.45) is 0.351. The van der Waals surface area contributed by atoms with Crippen LogP contribution in [0.2, 0.25) is 0 Å². The second kappa shape index (κ2) is 10.1. The van der Waals surface area contributed by atoms with E-state index >= 15 is 0 Å². The molecule has 4 aromatic rings. The number of carbonyl (C=O) groups is 2. The van der Waals surface area contributed by atoms with Gasteiger partial charge in [0.1, 0.15) is 12.0 Å². The Labute approximate surface area is 217 Å². The fourth-order valence-corrected chi connectivity index (χ4v) is 4.54. The van der Waals surface area contributed by atoms with Gasteiger partial charge in [-0.3, -0.25) is 19.9 Å². The molecule has 38 heavy (non-hydrogen) atoms. The van der Waals surface area contributed by atoms with Gasteiger partial charge in [0.05, 0.1) is 29.0 Å². The number of fused-ring (bicyclic) bond motifs is 1. The van der Waals surface area contributed by atoms with Gasteiger partial charge in [0.15, 0.2) is 0 Å². The number of hydrogen-bond donors (Lipinski definition) is 6. The van der Waals surface area contributed by atoms with Crippen LogP contribution >= 0.6 is 0 Å². The van der Waals surface area contributed by atoms with Gasteiger partial charge in [-0.25, -0.2) is 9.18 Å². The van der Waals surface area contributed by atoms with Gasteiger partial charge in [-0.1, -0.05) is 6.07 Å². The standard InChI is InChI=1S/C26H27FN8O3/c1-13-8-18(33-32-13)12-35(3)25(37)19-10-15(4-6-20(19)27)23-22(14(2)29-26(38)31-23)24(36)30-17-5-7-21-16(9-17)11-28-34-21/h4-11,23,25,37H,12H2,1-3H3,(H,28,34)(H,30,36)(H,32,33)(H2,29,31,38). The van der Waals surface area contributed by atoms with E-state index in [9.17, 15) is 19.1 Å². The summed E-state index contributed by atoms with van der Waals surface area (Å²) in [6.45, 7) is 3.76. The molecule has 1 aliphatic heterocycles. The van der Waals surface area contributed by atoms with Crippen molar-refractivity contribution in [1.29, 1.82) is 0 Å². The lowest BCUT2D eigenvalue weighted by atomic mass is 9.93. The number of aromatic nitrogens is 4. The van der Waals surface area contributed by atoms with Crippen molar-refractivity contribution in [1.82, 2.24) is 35.9 Å². The van der Waals surface area contributed by atoms with Gasteiger partial charge in [0.25, 0.3) is 5.91 Å². The van der Waals surface area contributed by atoms with E-state index in [1.165, 1.54) is 18.2 Å². The molecule has 2 unspecified atom stereocenters. The number of anilines is 1. The van der Waals surface area contributed by atoms with Crippen LogP contribution in [-0.2, 0) is 11.3 Å². The highest BCUT2D eigenvalue weighted by molar-refractivity contribution is 6.07. The summed E-state index contributed by atoms with van der Waals surface area (Å²) in [4.78, 5) is 27.3. The molecule has 12 heteroatoms. The Balaban J connectivity index is 1.43. The molecule has 2 aromatic carbocycles. The van der Waals surface area contributed by atoms with Crippen molar-refractivity contribution in [2.45, 2.75) is 32.7 Å². The minimum absolute atomic E-state index is 0.00728. The minimum atomic E-state index is -1.30. The average molecular weight is 519 g/mol. The zero-order valence-corrected chi connectivity index (χ0v) is 21.0. The number of H-pyrrole nitrogens is 2. The molecule has 1 aliphatic rings. The van der Waals surface area contributed by atoms with Gasteiger partial charge >= 0.3 is 6.03 Å². The zero-order chi connectivity index (χ0) is 27.0. The molecule has 0 radical (unpaired) electrons. The molecule has 2 aromatic heterocycles. The highest BCUT2D eigenvalue weighted by Crippen LogP contribution is 2.31. The van der Waals surface area contributed by atoms with Crippen molar-refractivity contribution in [3.8, 4) is 0 Å². The fourth-order valence-electron chi connectivity index (χ4n) is 4.54. The predicted molar refractivity (Wildman–Crippen MR) is 138 cm³/mol. The highest BCUT2D eigenvalue weighted by Gasteiger charge is 2.32. The Bertz CT molecular complexity index is 1560. The number of urea groups is 1. The van der Waals surface area contributed by atoms with Crippen molar-refractivity contribution < 1.29 is 19.1 Å². The Morgan fingerprint density at radius 3 is 2.76 bits per heavy atom. The maximum absolute atomic E-state index is 14.9. The van der Waals surface area contributed by atoms with Crippen molar-refractivity contribution in [3.63, 3.8) is 0 Å². The molecule has 2 atom stereocenters. The van der Waals surface area contributed by atoms with E-state index < -0.39 is 30.0 Å². The van der Waals surface area contributed by atoms with Gasteiger partial charge in [0.2, 0.25) is 0 Å². The normalized spacial score (nSPS) is 16.5. The lowest BCUT2D eigenvalue weighted by Gasteiger charge is -2.30. The van der Waals surface area contributed by atoms with Crippen LogP contribution in [0, 0.1) is 12.7 Å². The van der Waals surface area contributed by atoms with E-state index in [2.05, 4.69) is 36.3 Å². The van der Waals surface area contributed by atoms with E-state index in [0.29, 0.717) is 22.6 Å². The first-order valence-electron chi connectivity index (χ1n) is 11.9. The summed E-state index contributed by atoms with van der Waals surface area (Å²) < 4.78 is 14.9. The number of nitrogens with one attached hydrogen (secondary N) is 5. The Kier molecular flexibility index (Phi) is 6.66. The Morgan fingerprint density at radius 1 is 1.18 bits per heavy atom. The molecule has 3 amide bonds. The molecule has 3 heterocycles. The van der Waals surface area contributed by atoms with Crippen LogP contribution in [0.4, 0.5) is 14.9 Å². The van der Waals surface area contributed by atoms with Gasteiger partial charge in [0, 0.05) is 34.6 Å². The lowest BCUT2D eigenvalue weighted by Crippen LogP contribution is -2.46. The third-order valence-electron chi connectivity index (χ3n) is 6.43. The topological polar surface area (TPSA) is 151 Å². The first-order chi connectivity index (χ1) is 18.2. The molecule has 0 aliphatic carbocycles. The minimum Gasteiger partial charge on any atom is -0.374 e. The summed E-state index contributed by atoms with van der Waals surface area (Å²) >= 11 is 0. The summed E-state index contributed by atoms with van der Waals surface area (Å²) in [5.74, 6) is -1.06. The van der Waals surface area contributed by atoms with Crippen molar-refractivity contribution >= 4 is 28.5 Å². The molecule has 5 rings (SSSR count). The maximum atomic E-state index is 14.9. The third-order valence-corrected chi connectivity index (χ3v) is 6.43. The van der Waals surface area contributed by atoms with E-state index in [4.69, 9.17) is 0 Å². The van der Waals surface area contributed by atoms with E-state index in [1.54, 1.807) is 43.3 Å². The van der Waals surface area contributed by atoms with Crippen LogP contribution in [0.3, 0.4) is 0 Å². The van der Waals surface area contributed by atoms with Gasteiger partial charge < -0.3 is 21.1 Å². The second-order valence-electron chi connectivity index (χ2n) is 9.31. The fraction of sp³-hybridized carbons (Fsp3) is 0.231. The number of hydrogen-bond acceptors (Lipinski definition) is 6. The largest absolute Gasteiger partial charge is 0.374 e. The molecule has 0 bridgehead atoms. The average Bonchev–Trinajstić information content (AvgIpc) is 3.51. The smallest absolute Gasteiger partial charge is 0.319 e. The number of aliphatic hydroxyl groups excluding tert-OH is 1. The first-order valence-corrected chi connectivity index (χ1v) is 11.9. The molecule has 11 nitrogen and oxygen atoms in total. The number of aryl methyl sites for hydroxylation is 1. The zero-order valence-electron chi connectivity index (χ0n) is 21.0. The van der Waals surface area contributed by atoms with E-state index in [1.807, 2.05) is 13.0 Å². The molecule has 6 N–H and O–H groups in total. The molecule has 0 fully saturated rings. The third kappa shape index (κ3) is 4.99. The van der Waals surface area contributed by atoms with Crippen molar-refractivity contribution in [2.24, 2.45) is 0 Å². The Morgan fingerprint density at radius 2 is 2.00 bits per heavy atom. The summed E-state index contributed by atoms with van der Waals surface area (Å²) in [5.41, 5.74) is 4.00. The number of rotatable bonds is 7. The number of amides is 3. The summed E-state index contributed by atoms with van der Waals surface area (Å²) in [7, 11) is 1.65. The number of nitrogens with zero attached hydrogens (tertiary/aromatic N) is 3. The summed E-state index contributed by atoms with van der Waals surface area (Å²) in [6, 6.07) is 9.92. The first kappa shape index (κ1) is 25.1. The predicted octanol–water partition coefficient (Wildman–Crippen LogP) is 3.12. The number of aromatic amines is 2. The number of carbonyl (C=O) groups excluding carboxylic acids is 2. The number of allylic oxidation sites excluding steroid dienone is 1. The molecule has 0 saturated carbocycles. The van der Waals surface area contributed by atoms with Crippen LogP contribution in [0.25, 0.3) is 10.9 Å². The highest BCUT2D eigenvalue weighted by atomic mass is 19.1. The lowest BCUT2D eigenvalue weighted by molar-refractivity contribution is -0.113. The molecule has 0 saturated heterocycles. The molecule has 0 spiro atoms. The quantitative estimate of drug-likeness (QED) is 0.207. The van der Waals surface area contributed by atoms with Crippen LogP contribution in [-0.4, -0.2) is 49.4 Å². The van der Waals surface area contributed by atoms with Gasteiger partial charge in [-0.05, 0) is 62.9 Å². The van der Waals surface area contributed by atoms with Crippen LogP contribution in [0.1, 0.15) is 41.7 Å². The molecular weight excluding hydrogens is 491 g/mol. The molecular formula is C26H27FN8O3. The maximum Gasteiger partial charge on any atom is 0.319 e. The van der Waals surface area contributed by atoms with E-state index in [0.717, 1.165) is 16.6 Å². The van der Waals surface area contributed by atoms with E-state index in [-0.39, 0.29) is 17.7 Å². The second-order valence-corrected chi connectivity index (χ2v) is 9.31. The number of halogens is 1.